The summed E-state index contributed by atoms with van der Waals surface area (Å²) in [7, 11) is -2.90. The summed E-state index contributed by atoms with van der Waals surface area (Å²) in [6.45, 7) is 1.56. The third-order valence-electron chi connectivity index (χ3n) is 6.82. The molecular formula is C28H20N2O8S. The molecule has 0 saturated heterocycles. The van der Waals surface area contributed by atoms with E-state index in [0.29, 0.717) is 21.9 Å². The maximum absolute atomic E-state index is 14.0. The zero-order valence-electron chi connectivity index (χ0n) is 20.7. The van der Waals surface area contributed by atoms with Crippen molar-refractivity contribution in [2.45, 2.75) is 11.8 Å². The minimum absolute atomic E-state index is 0.0589. The van der Waals surface area contributed by atoms with Gasteiger partial charge in [-0.2, -0.15) is 0 Å². The van der Waals surface area contributed by atoms with Crippen LogP contribution in [0.25, 0.3) is 32.9 Å². The van der Waals surface area contributed by atoms with Gasteiger partial charge < -0.3 is 14.2 Å². The highest BCUT2D eigenvalue weighted by Gasteiger charge is 2.32. The van der Waals surface area contributed by atoms with Gasteiger partial charge in [-0.15, -0.1) is 0 Å². The van der Waals surface area contributed by atoms with E-state index in [1.165, 1.54) is 41.4 Å². The van der Waals surface area contributed by atoms with E-state index in [9.17, 15) is 23.3 Å². The molecule has 0 unspecified atom stereocenters. The van der Waals surface area contributed by atoms with Crippen molar-refractivity contribution in [3.05, 3.63) is 94.0 Å². The van der Waals surface area contributed by atoms with Gasteiger partial charge in [-0.05, 0) is 42.8 Å². The Labute approximate surface area is 222 Å². The van der Waals surface area contributed by atoms with Gasteiger partial charge in [0, 0.05) is 16.3 Å². The second-order valence-corrected chi connectivity index (χ2v) is 10.7. The maximum atomic E-state index is 14.0. The van der Waals surface area contributed by atoms with Crippen molar-refractivity contribution in [1.29, 1.82) is 0 Å². The van der Waals surface area contributed by atoms with Crippen molar-refractivity contribution in [2.24, 2.45) is 0 Å². The molecule has 1 aromatic heterocycles. The molecular weight excluding hydrogens is 524 g/mol. The summed E-state index contributed by atoms with van der Waals surface area (Å²) in [6.07, 6.45) is 0. The van der Waals surface area contributed by atoms with Crippen LogP contribution in [0.1, 0.15) is 15.9 Å². The first kappa shape index (κ1) is 24.4. The van der Waals surface area contributed by atoms with E-state index in [2.05, 4.69) is 0 Å². The van der Waals surface area contributed by atoms with Crippen LogP contribution in [0, 0.1) is 17.0 Å². The zero-order chi connectivity index (χ0) is 27.5. The van der Waals surface area contributed by atoms with Crippen molar-refractivity contribution in [2.75, 3.05) is 13.9 Å². The Hall–Kier alpha value is -4.90. The molecule has 10 nitrogen and oxygen atoms in total. The number of para-hydroxylation sites is 1. The zero-order valence-corrected chi connectivity index (χ0v) is 21.5. The number of esters is 1. The van der Waals surface area contributed by atoms with Crippen LogP contribution in [0.2, 0.25) is 0 Å². The fourth-order valence-corrected chi connectivity index (χ4v) is 6.66. The quantitative estimate of drug-likeness (QED) is 0.163. The van der Waals surface area contributed by atoms with Crippen LogP contribution in [-0.4, -0.2) is 37.2 Å². The molecule has 0 atom stereocenters. The van der Waals surface area contributed by atoms with Crippen LogP contribution < -0.4 is 9.47 Å². The molecule has 0 radical (unpaired) electrons. The van der Waals surface area contributed by atoms with E-state index in [4.69, 9.17) is 14.2 Å². The summed E-state index contributed by atoms with van der Waals surface area (Å²) in [5.41, 5.74) is 0.996. The average molecular weight is 545 g/mol. The molecule has 5 aromatic rings. The summed E-state index contributed by atoms with van der Waals surface area (Å²) in [5.74, 6) is -0.260. The van der Waals surface area contributed by atoms with E-state index in [0.717, 1.165) is 0 Å². The van der Waals surface area contributed by atoms with Crippen molar-refractivity contribution in [3.8, 4) is 22.6 Å². The molecule has 0 spiro atoms. The number of carbonyl (C=O) groups excluding carboxylic acids is 1. The number of hydrogen-bond acceptors (Lipinski definition) is 8. The lowest BCUT2D eigenvalue weighted by molar-refractivity contribution is -0.384. The standard InChI is InChI=1S/C28H20N2O8S/c1-16-26-18-10-6-7-11-21(18)29(39(34,35)17-8-4-3-5-9-17)23(26)12-20(27(16)28(31)36-2)19-13-24-25(38-15-37-24)14-22(19)30(32)33/h3-14H,15H2,1-2H3. The predicted octanol–water partition coefficient (Wildman–Crippen LogP) is 5.43. The highest BCUT2D eigenvalue weighted by atomic mass is 32.2. The predicted molar refractivity (Wildman–Crippen MR) is 143 cm³/mol. The van der Waals surface area contributed by atoms with E-state index >= 15 is 0 Å². The highest BCUT2D eigenvalue weighted by Crippen LogP contribution is 2.46. The summed E-state index contributed by atoms with van der Waals surface area (Å²) in [5, 5.41) is 13.2. The van der Waals surface area contributed by atoms with Crippen molar-refractivity contribution >= 4 is 43.5 Å². The maximum Gasteiger partial charge on any atom is 0.338 e. The first-order valence-corrected chi connectivity index (χ1v) is 13.2. The van der Waals surface area contributed by atoms with Crippen molar-refractivity contribution < 1.29 is 32.3 Å². The molecule has 11 heteroatoms. The Morgan fingerprint density at radius 2 is 1.62 bits per heavy atom. The topological polar surface area (TPSA) is 127 Å². The van der Waals surface area contributed by atoms with Gasteiger partial charge in [0.15, 0.2) is 11.5 Å². The number of nitrogens with zero attached hydrogens (tertiary/aromatic N) is 2. The minimum Gasteiger partial charge on any atom is -0.465 e. The van der Waals surface area contributed by atoms with Crippen LogP contribution in [0.5, 0.6) is 11.5 Å². The lowest BCUT2D eigenvalue weighted by Crippen LogP contribution is -2.13. The number of nitro benzene ring substituents is 1. The van der Waals surface area contributed by atoms with E-state index in [1.807, 2.05) is 0 Å². The van der Waals surface area contributed by atoms with Crippen LogP contribution in [0.4, 0.5) is 5.69 Å². The Balaban J connectivity index is 1.80. The van der Waals surface area contributed by atoms with Gasteiger partial charge in [0.2, 0.25) is 6.79 Å². The van der Waals surface area contributed by atoms with Gasteiger partial charge in [-0.3, -0.25) is 10.1 Å². The smallest absolute Gasteiger partial charge is 0.338 e. The van der Waals surface area contributed by atoms with Crippen LogP contribution in [0.3, 0.4) is 0 Å². The molecule has 0 N–H and O–H groups in total. The number of nitro groups is 1. The normalized spacial score (nSPS) is 12.7. The molecule has 0 fully saturated rings. The molecule has 1 aliphatic heterocycles. The number of methoxy groups -OCH3 is 1. The van der Waals surface area contributed by atoms with Gasteiger partial charge in [-0.1, -0.05) is 36.4 Å². The third-order valence-corrected chi connectivity index (χ3v) is 8.56. The van der Waals surface area contributed by atoms with E-state index in [1.54, 1.807) is 49.4 Å². The molecule has 0 saturated carbocycles. The van der Waals surface area contributed by atoms with E-state index < -0.39 is 20.9 Å². The number of ether oxygens (including phenoxy) is 3. The van der Waals surface area contributed by atoms with Gasteiger partial charge in [0.25, 0.3) is 15.7 Å². The van der Waals surface area contributed by atoms with Gasteiger partial charge in [0.05, 0.1) is 45.2 Å². The van der Waals surface area contributed by atoms with Crippen LogP contribution in [0.15, 0.2) is 77.7 Å². The number of fused-ring (bicyclic) bond motifs is 4. The molecule has 196 valence electrons. The Morgan fingerprint density at radius 1 is 0.949 bits per heavy atom. The summed E-state index contributed by atoms with van der Waals surface area (Å²) in [6, 6.07) is 19.0. The second-order valence-electron chi connectivity index (χ2n) is 8.89. The van der Waals surface area contributed by atoms with Gasteiger partial charge in [-0.25, -0.2) is 17.2 Å². The largest absolute Gasteiger partial charge is 0.465 e. The molecule has 4 aromatic carbocycles. The van der Waals surface area contributed by atoms with Gasteiger partial charge >= 0.3 is 5.97 Å². The lowest BCUT2D eigenvalue weighted by atomic mass is 9.91. The molecule has 1 aliphatic rings. The molecule has 0 amide bonds. The number of aryl methyl sites for hydroxylation is 1. The fourth-order valence-electron chi connectivity index (χ4n) is 5.12. The summed E-state index contributed by atoms with van der Waals surface area (Å²) in [4.78, 5) is 24.8. The SMILES string of the molecule is COC(=O)c1c(-c2cc3c(cc2[N+](=O)[O-])OCO3)cc2c(c1C)c1ccccc1n2S(=O)(=O)c1ccccc1. The Morgan fingerprint density at radius 3 is 2.31 bits per heavy atom. The number of hydrogen-bond donors (Lipinski definition) is 0. The number of rotatable bonds is 5. The fraction of sp³-hybridized carbons (Fsp3) is 0.107. The first-order chi connectivity index (χ1) is 18.7. The Kier molecular flexibility index (Phi) is 5.54. The first-order valence-electron chi connectivity index (χ1n) is 11.8. The molecule has 39 heavy (non-hydrogen) atoms. The summed E-state index contributed by atoms with van der Waals surface area (Å²) < 4.78 is 45.1. The van der Waals surface area contributed by atoms with E-state index in [-0.39, 0.29) is 51.1 Å². The number of aromatic nitrogens is 1. The highest BCUT2D eigenvalue weighted by molar-refractivity contribution is 7.90. The average Bonchev–Trinajstić information content (AvgIpc) is 3.54. The monoisotopic (exact) mass is 544 g/mol. The lowest BCUT2D eigenvalue weighted by Gasteiger charge is -2.15. The second kappa shape index (κ2) is 8.84. The molecule has 0 bridgehead atoms. The number of carbonyl (C=O) groups is 1. The van der Waals surface area contributed by atoms with Crippen molar-refractivity contribution in [3.63, 3.8) is 0 Å². The van der Waals surface area contributed by atoms with Crippen LogP contribution >= 0.6 is 0 Å². The molecule has 6 rings (SSSR count). The molecule has 0 aliphatic carbocycles. The number of benzene rings is 4. The third kappa shape index (κ3) is 3.62. The summed E-state index contributed by atoms with van der Waals surface area (Å²) >= 11 is 0. The van der Waals surface area contributed by atoms with Crippen molar-refractivity contribution in [1.82, 2.24) is 3.97 Å². The van der Waals surface area contributed by atoms with Gasteiger partial charge in [0.1, 0.15) is 0 Å². The Bertz CT molecular complexity index is 1950. The molecule has 2 heterocycles. The minimum atomic E-state index is -4.12. The van der Waals surface area contributed by atoms with Crippen LogP contribution in [-0.2, 0) is 14.8 Å².